The minimum absolute atomic E-state index is 0.0925. The van der Waals surface area contributed by atoms with Gasteiger partial charge in [0.15, 0.2) is 0 Å². The van der Waals surface area contributed by atoms with Crippen LogP contribution in [-0.2, 0) is 14.8 Å². The van der Waals surface area contributed by atoms with Crippen LogP contribution in [-0.4, -0.2) is 49.4 Å². The molecule has 1 atom stereocenters. The monoisotopic (exact) mass is 335 g/mol. The quantitative estimate of drug-likeness (QED) is 0.853. The summed E-state index contributed by atoms with van der Waals surface area (Å²) in [5, 5.41) is 9.06. The number of hydrogen-bond acceptors (Lipinski definition) is 4. The van der Waals surface area contributed by atoms with Gasteiger partial charge >= 0.3 is 5.97 Å². The van der Waals surface area contributed by atoms with Crippen molar-refractivity contribution in [1.82, 2.24) is 4.31 Å². The second kappa shape index (κ2) is 6.57. The van der Waals surface area contributed by atoms with Crippen molar-refractivity contribution in [1.29, 1.82) is 0 Å². The van der Waals surface area contributed by atoms with Gasteiger partial charge in [-0.1, -0.05) is 0 Å². The Balaban J connectivity index is 2.17. The zero-order chi connectivity index (χ0) is 16.3. The molecule has 0 saturated carbocycles. The largest absolute Gasteiger partial charge is 0.488 e. The fourth-order valence-electron chi connectivity index (χ4n) is 2.28. The highest BCUT2D eigenvalue weighted by molar-refractivity contribution is 7.89. The van der Waals surface area contributed by atoms with Crippen molar-refractivity contribution in [2.45, 2.75) is 30.2 Å². The van der Waals surface area contributed by atoms with Crippen molar-refractivity contribution in [2.75, 3.05) is 13.2 Å². The number of alkyl halides is 2. The topological polar surface area (TPSA) is 83.9 Å². The van der Waals surface area contributed by atoms with Crippen LogP contribution in [0.4, 0.5) is 8.78 Å². The molecule has 1 heterocycles. The van der Waals surface area contributed by atoms with Gasteiger partial charge in [0.1, 0.15) is 18.4 Å². The maximum absolute atomic E-state index is 12.4. The summed E-state index contributed by atoms with van der Waals surface area (Å²) >= 11 is 0. The molecule has 1 aliphatic rings. The van der Waals surface area contributed by atoms with E-state index >= 15 is 0 Å². The number of carbonyl (C=O) groups is 1. The fraction of sp³-hybridized carbons (Fsp3) is 0.462. The van der Waals surface area contributed by atoms with Crippen LogP contribution in [0, 0.1) is 0 Å². The molecule has 1 saturated heterocycles. The summed E-state index contributed by atoms with van der Waals surface area (Å²) in [6.45, 7) is -0.637. The summed E-state index contributed by atoms with van der Waals surface area (Å²) in [6.07, 6.45) is -1.88. The first-order valence-corrected chi connectivity index (χ1v) is 8.02. The van der Waals surface area contributed by atoms with Gasteiger partial charge in [-0.2, -0.15) is 4.31 Å². The SMILES string of the molecule is O=C(O)[C@H]1CCCN1S(=O)(=O)c1ccc(OCC(F)F)cc1. The van der Waals surface area contributed by atoms with Gasteiger partial charge in [-0.15, -0.1) is 0 Å². The number of sulfonamides is 1. The number of halogens is 2. The molecule has 9 heteroatoms. The van der Waals surface area contributed by atoms with Gasteiger partial charge in [0.05, 0.1) is 4.90 Å². The average molecular weight is 335 g/mol. The predicted molar refractivity (Wildman–Crippen MR) is 72.5 cm³/mol. The molecule has 0 radical (unpaired) electrons. The van der Waals surface area contributed by atoms with Gasteiger partial charge in [0.25, 0.3) is 6.43 Å². The van der Waals surface area contributed by atoms with E-state index in [0.717, 1.165) is 4.31 Å². The summed E-state index contributed by atoms with van der Waals surface area (Å²) in [5.74, 6) is -1.06. The molecule has 0 aliphatic carbocycles. The number of carboxylic acids is 1. The third-order valence-electron chi connectivity index (χ3n) is 3.30. The summed E-state index contributed by atoms with van der Waals surface area (Å²) in [5.41, 5.74) is 0. The number of ether oxygens (including phenoxy) is 1. The van der Waals surface area contributed by atoms with E-state index in [0.29, 0.717) is 6.42 Å². The first-order chi connectivity index (χ1) is 10.3. The van der Waals surface area contributed by atoms with Crippen LogP contribution in [0.25, 0.3) is 0 Å². The van der Waals surface area contributed by atoms with Gasteiger partial charge in [0.2, 0.25) is 10.0 Å². The zero-order valence-electron chi connectivity index (χ0n) is 11.5. The molecule has 122 valence electrons. The number of aliphatic carboxylic acids is 1. The summed E-state index contributed by atoms with van der Waals surface area (Å²) < 4.78 is 54.6. The van der Waals surface area contributed by atoms with Crippen molar-refractivity contribution in [3.8, 4) is 5.75 Å². The molecule has 1 N–H and O–H groups in total. The summed E-state index contributed by atoms with van der Waals surface area (Å²) in [6, 6.07) is 3.89. The van der Waals surface area contributed by atoms with E-state index in [1.165, 1.54) is 24.3 Å². The molecule has 1 aliphatic heterocycles. The molecule has 1 aromatic rings. The molecule has 6 nitrogen and oxygen atoms in total. The Kier molecular flexibility index (Phi) is 4.97. The van der Waals surface area contributed by atoms with Gasteiger partial charge in [-0.05, 0) is 37.1 Å². The van der Waals surface area contributed by atoms with E-state index in [4.69, 9.17) is 9.84 Å². The minimum atomic E-state index is -3.93. The highest BCUT2D eigenvalue weighted by Gasteiger charge is 2.39. The van der Waals surface area contributed by atoms with Crippen LogP contribution < -0.4 is 4.74 Å². The van der Waals surface area contributed by atoms with Crippen LogP contribution >= 0.6 is 0 Å². The van der Waals surface area contributed by atoms with Crippen LogP contribution in [0.3, 0.4) is 0 Å². The summed E-state index contributed by atoms with van der Waals surface area (Å²) in [7, 11) is -3.93. The second-order valence-corrected chi connectivity index (χ2v) is 6.68. The normalized spacial score (nSPS) is 19.5. The molecule has 0 bridgehead atoms. The van der Waals surface area contributed by atoms with Crippen molar-refractivity contribution >= 4 is 16.0 Å². The Morgan fingerprint density at radius 2 is 2.00 bits per heavy atom. The third-order valence-corrected chi connectivity index (χ3v) is 5.22. The zero-order valence-corrected chi connectivity index (χ0v) is 12.3. The van der Waals surface area contributed by atoms with Crippen LogP contribution in [0.5, 0.6) is 5.75 Å². The first-order valence-electron chi connectivity index (χ1n) is 6.58. The number of benzene rings is 1. The van der Waals surface area contributed by atoms with Crippen molar-refractivity contribution in [2.24, 2.45) is 0 Å². The van der Waals surface area contributed by atoms with Crippen molar-refractivity contribution < 1.29 is 31.8 Å². The van der Waals surface area contributed by atoms with Crippen LogP contribution in [0.2, 0.25) is 0 Å². The fourth-order valence-corrected chi connectivity index (χ4v) is 3.93. The number of nitrogens with zero attached hydrogens (tertiary/aromatic N) is 1. The highest BCUT2D eigenvalue weighted by atomic mass is 32.2. The predicted octanol–water partition coefficient (Wildman–Crippen LogP) is 1.57. The smallest absolute Gasteiger partial charge is 0.322 e. The van der Waals surface area contributed by atoms with Crippen molar-refractivity contribution in [3.63, 3.8) is 0 Å². The Morgan fingerprint density at radius 1 is 1.36 bits per heavy atom. The lowest BCUT2D eigenvalue weighted by atomic mass is 10.2. The molecule has 22 heavy (non-hydrogen) atoms. The van der Waals surface area contributed by atoms with Crippen LogP contribution in [0.1, 0.15) is 12.8 Å². The maximum atomic E-state index is 12.4. The highest BCUT2D eigenvalue weighted by Crippen LogP contribution is 2.27. The second-order valence-electron chi connectivity index (χ2n) is 4.79. The molecular weight excluding hydrogens is 320 g/mol. The van der Waals surface area contributed by atoms with E-state index < -0.39 is 35.1 Å². The molecule has 1 aromatic carbocycles. The maximum Gasteiger partial charge on any atom is 0.322 e. The first kappa shape index (κ1) is 16.6. The Hall–Kier alpha value is -1.74. The van der Waals surface area contributed by atoms with E-state index in [9.17, 15) is 22.0 Å². The van der Waals surface area contributed by atoms with Gasteiger partial charge < -0.3 is 9.84 Å². The molecule has 1 fully saturated rings. The molecule has 2 rings (SSSR count). The molecule has 0 spiro atoms. The Bertz CT molecular complexity index is 632. The third kappa shape index (κ3) is 3.53. The molecule has 0 unspecified atom stereocenters. The standard InChI is InChI=1S/C13H15F2NO5S/c14-12(15)8-21-9-3-5-10(6-4-9)22(19,20)16-7-1-2-11(16)13(17)18/h3-6,11-12H,1-2,7-8H2,(H,17,18)/t11-/m1/s1. The lowest BCUT2D eigenvalue weighted by Gasteiger charge is -2.21. The minimum Gasteiger partial charge on any atom is -0.488 e. The van der Waals surface area contributed by atoms with Crippen LogP contribution in [0.15, 0.2) is 29.2 Å². The molecular formula is C13H15F2NO5S. The van der Waals surface area contributed by atoms with E-state index in [2.05, 4.69) is 0 Å². The lowest BCUT2D eigenvalue weighted by Crippen LogP contribution is -2.40. The van der Waals surface area contributed by atoms with E-state index in [1.807, 2.05) is 0 Å². The number of carboxylic acid groups (broad SMARTS) is 1. The van der Waals surface area contributed by atoms with Gasteiger partial charge in [-0.25, -0.2) is 17.2 Å². The van der Waals surface area contributed by atoms with Gasteiger partial charge in [0, 0.05) is 6.54 Å². The van der Waals surface area contributed by atoms with Crippen molar-refractivity contribution in [3.05, 3.63) is 24.3 Å². The molecule has 0 amide bonds. The van der Waals surface area contributed by atoms with E-state index in [1.54, 1.807) is 0 Å². The molecule has 0 aromatic heterocycles. The lowest BCUT2D eigenvalue weighted by molar-refractivity contribution is -0.140. The Morgan fingerprint density at radius 3 is 2.55 bits per heavy atom. The number of hydrogen-bond donors (Lipinski definition) is 1. The van der Waals surface area contributed by atoms with Gasteiger partial charge in [-0.3, -0.25) is 4.79 Å². The number of rotatable bonds is 6. The average Bonchev–Trinajstić information content (AvgIpc) is 2.96. The van der Waals surface area contributed by atoms with E-state index in [-0.39, 0.29) is 23.6 Å². The Labute approximate surface area is 126 Å². The summed E-state index contributed by atoms with van der Waals surface area (Å²) in [4.78, 5) is 11.0.